The molecule has 0 aliphatic heterocycles. The van der Waals surface area contributed by atoms with E-state index >= 15 is 0 Å². The molecule has 35 heavy (non-hydrogen) atoms. The Labute approximate surface area is 210 Å². The minimum Gasteiger partial charge on any atom is -0.496 e. The van der Waals surface area contributed by atoms with Crippen LogP contribution in [0.5, 0.6) is 5.75 Å². The molecule has 0 radical (unpaired) electrons. The molecule has 1 heterocycles. The van der Waals surface area contributed by atoms with Crippen molar-refractivity contribution in [2.75, 3.05) is 17.1 Å². The number of hydrogen-bond donors (Lipinski definition) is 3. The number of halogens is 1. The Morgan fingerprint density at radius 3 is 2.46 bits per heavy atom. The van der Waals surface area contributed by atoms with Crippen LogP contribution in [0.2, 0.25) is 5.02 Å². The van der Waals surface area contributed by atoms with Gasteiger partial charge in [0.15, 0.2) is 0 Å². The number of rotatable bonds is 8. The molecule has 10 heteroatoms. The fraction of sp³-hybridized carbons (Fsp3) is 0.280. The summed E-state index contributed by atoms with van der Waals surface area (Å²) in [6.45, 7) is 0. The zero-order valence-corrected chi connectivity index (χ0v) is 20.9. The van der Waals surface area contributed by atoms with Crippen LogP contribution in [0.1, 0.15) is 36.8 Å². The number of sulfonamides is 1. The summed E-state index contributed by atoms with van der Waals surface area (Å²) in [4.78, 5) is 8.84. The number of methoxy groups -OCH3 is 1. The predicted molar refractivity (Wildman–Crippen MR) is 140 cm³/mol. The van der Waals surface area contributed by atoms with E-state index in [2.05, 4.69) is 20.0 Å². The number of nitrogens with two attached hydrogens (primary N) is 1. The molecule has 0 bridgehead atoms. The van der Waals surface area contributed by atoms with Gasteiger partial charge >= 0.3 is 0 Å². The van der Waals surface area contributed by atoms with Gasteiger partial charge in [-0.25, -0.2) is 18.4 Å². The highest BCUT2D eigenvalue weighted by Crippen LogP contribution is 2.28. The first kappa shape index (κ1) is 25.0. The molecule has 1 aliphatic rings. The van der Waals surface area contributed by atoms with E-state index in [1.807, 2.05) is 12.2 Å². The maximum absolute atomic E-state index is 12.7. The molecular weight excluding hydrogens is 486 g/mol. The molecule has 1 aromatic heterocycles. The van der Waals surface area contributed by atoms with Crippen molar-refractivity contribution in [1.82, 2.24) is 9.97 Å². The number of aromatic nitrogens is 2. The van der Waals surface area contributed by atoms with E-state index in [0.717, 1.165) is 36.8 Å². The van der Waals surface area contributed by atoms with Gasteiger partial charge in [0.1, 0.15) is 10.6 Å². The second kappa shape index (κ2) is 11.1. The van der Waals surface area contributed by atoms with Gasteiger partial charge in [-0.05, 0) is 49.9 Å². The maximum Gasteiger partial charge on any atom is 0.263 e. The normalized spacial score (nSPS) is 18.4. The van der Waals surface area contributed by atoms with Crippen molar-refractivity contribution in [1.29, 1.82) is 0 Å². The standard InChI is InChI=1S/C25H28ClN5O3S/c1-34-23-14-21(31-35(32,33)24-5-3-2-4-22(24)26)11-8-18(23)7-6-17-15-28-25(29-16-17)30-20-12-9-19(27)10-13-20/h2-8,11,14-16,19-20,31H,9-10,12-13,27H2,1H3,(H,28,29,30)/b7-6+/t19-,20-. The quantitative estimate of drug-likeness (QED) is 0.396. The molecule has 1 saturated carbocycles. The molecule has 4 rings (SSSR count). The summed E-state index contributed by atoms with van der Waals surface area (Å²) >= 11 is 6.05. The van der Waals surface area contributed by atoms with Gasteiger partial charge in [-0.1, -0.05) is 35.9 Å². The van der Waals surface area contributed by atoms with Crippen LogP contribution in [0.4, 0.5) is 11.6 Å². The summed E-state index contributed by atoms with van der Waals surface area (Å²) in [5.74, 6) is 1.12. The first-order valence-electron chi connectivity index (χ1n) is 11.3. The number of anilines is 2. The smallest absolute Gasteiger partial charge is 0.263 e. The van der Waals surface area contributed by atoms with Crippen LogP contribution in [0.25, 0.3) is 12.2 Å². The van der Waals surface area contributed by atoms with Crippen molar-refractivity contribution in [2.24, 2.45) is 5.73 Å². The maximum atomic E-state index is 12.7. The van der Waals surface area contributed by atoms with E-state index in [0.29, 0.717) is 29.5 Å². The summed E-state index contributed by atoms with van der Waals surface area (Å²) in [5, 5.41) is 3.53. The summed E-state index contributed by atoms with van der Waals surface area (Å²) < 4.78 is 33.4. The van der Waals surface area contributed by atoms with Crippen molar-refractivity contribution in [3.05, 3.63) is 71.0 Å². The fourth-order valence-corrected chi connectivity index (χ4v) is 5.49. The van der Waals surface area contributed by atoms with Crippen molar-refractivity contribution in [3.63, 3.8) is 0 Å². The average Bonchev–Trinajstić information content (AvgIpc) is 2.85. The van der Waals surface area contributed by atoms with Crippen LogP contribution in [-0.4, -0.2) is 37.6 Å². The van der Waals surface area contributed by atoms with Crippen LogP contribution < -0.4 is 20.5 Å². The molecule has 8 nitrogen and oxygen atoms in total. The third kappa shape index (κ3) is 6.50. The van der Waals surface area contributed by atoms with E-state index in [9.17, 15) is 8.42 Å². The Morgan fingerprint density at radius 2 is 1.77 bits per heavy atom. The first-order valence-corrected chi connectivity index (χ1v) is 13.2. The topological polar surface area (TPSA) is 119 Å². The van der Waals surface area contributed by atoms with Crippen LogP contribution in [0.3, 0.4) is 0 Å². The Hall–Kier alpha value is -3.14. The van der Waals surface area contributed by atoms with E-state index in [1.54, 1.807) is 42.7 Å². The van der Waals surface area contributed by atoms with Gasteiger partial charge in [0.2, 0.25) is 5.95 Å². The lowest BCUT2D eigenvalue weighted by atomic mass is 9.92. The molecule has 4 N–H and O–H groups in total. The molecule has 0 atom stereocenters. The lowest BCUT2D eigenvalue weighted by Gasteiger charge is -2.26. The number of benzene rings is 2. The number of ether oxygens (including phenoxy) is 1. The summed E-state index contributed by atoms with van der Waals surface area (Å²) in [7, 11) is -2.31. The number of nitrogens with one attached hydrogen (secondary N) is 2. The van der Waals surface area contributed by atoms with Gasteiger partial charge in [-0.3, -0.25) is 4.72 Å². The van der Waals surface area contributed by atoms with E-state index in [-0.39, 0.29) is 9.92 Å². The minimum atomic E-state index is -3.84. The van der Waals surface area contributed by atoms with Crippen molar-refractivity contribution in [3.8, 4) is 5.75 Å². The molecule has 3 aromatic rings. The van der Waals surface area contributed by atoms with Gasteiger partial charge < -0.3 is 15.8 Å². The van der Waals surface area contributed by atoms with Crippen LogP contribution in [-0.2, 0) is 10.0 Å². The summed E-state index contributed by atoms with van der Waals surface area (Å²) in [5.41, 5.74) is 7.93. The summed E-state index contributed by atoms with van der Waals surface area (Å²) in [6.07, 6.45) is 11.3. The van der Waals surface area contributed by atoms with Gasteiger partial charge in [0.25, 0.3) is 10.0 Å². The third-order valence-electron chi connectivity index (χ3n) is 5.84. The zero-order valence-electron chi connectivity index (χ0n) is 19.3. The Kier molecular flexibility index (Phi) is 7.90. The first-order chi connectivity index (χ1) is 16.8. The Bertz CT molecular complexity index is 1290. The second-order valence-corrected chi connectivity index (χ2v) is 10.5. The molecule has 0 saturated heterocycles. The van der Waals surface area contributed by atoms with Gasteiger partial charge in [0, 0.05) is 41.7 Å². The van der Waals surface area contributed by atoms with Crippen LogP contribution in [0, 0.1) is 0 Å². The zero-order chi connectivity index (χ0) is 24.8. The molecule has 0 unspecified atom stereocenters. The van der Waals surface area contributed by atoms with E-state index < -0.39 is 10.0 Å². The predicted octanol–water partition coefficient (Wildman–Crippen LogP) is 4.79. The van der Waals surface area contributed by atoms with Crippen molar-refractivity contribution in [2.45, 2.75) is 42.7 Å². The lowest BCUT2D eigenvalue weighted by Crippen LogP contribution is -2.33. The lowest BCUT2D eigenvalue weighted by molar-refractivity contribution is 0.410. The average molecular weight is 514 g/mol. The third-order valence-corrected chi connectivity index (χ3v) is 7.73. The van der Waals surface area contributed by atoms with Crippen LogP contribution >= 0.6 is 11.6 Å². The van der Waals surface area contributed by atoms with E-state index in [1.165, 1.54) is 19.2 Å². The largest absolute Gasteiger partial charge is 0.496 e. The van der Waals surface area contributed by atoms with Crippen LogP contribution in [0.15, 0.2) is 59.8 Å². The second-order valence-electron chi connectivity index (χ2n) is 8.42. The van der Waals surface area contributed by atoms with Gasteiger partial charge in [0.05, 0.1) is 17.8 Å². The van der Waals surface area contributed by atoms with Crippen molar-refractivity contribution >= 4 is 45.4 Å². The number of nitrogens with zero attached hydrogens (tertiary/aromatic N) is 2. The fourth-order valence-electron chi connectivity index (χ4n) is 3.92. The Morgan fingerprint density at radius 1 is 1.06 bits per heavy atom. The Balaban J connectivity index is 1.43. The monoisotopic (exact) mass is 513 g/mol. The molecule has 184 valence electrons. The molecule has 0 amide bonds. The van der Waals surface area contributed by atoms with Gasteiger partial charge in [-0.2, -0.15) is 0 Å². The van der Waals surface area contributed by atoms with Gasteiger partial charge in [-0.15, -0.1) is 0 Å². The molecule has 2 aromatic carbocycles. The molecular formula is C25H28ClN5O3S. The highest BCUT2D eigenvalue weighted by molar-refractivity contribution is 7.92. The molecule has 1 fully saturated rings. The highest BCUT2D eigenvalue weighted by Gasteiger charge is 2.19. The SMILES string of the molecule is COc1cc(NS(=O)(=O)c2ccccc2Cl)ccc1/C=C/c1cnc(N[C@H]2CC[C@H](N)CC2)nc1. The van der Waals surface area contributed by atoms with Crippen molar-refractivity contribution < 1.29 is 13.2 Å². The molecule has 0 spiro atoms. The molecule has 1 aliphatic carbocycles. The van der Waals surface area contributed by atoms with E-state index in [4.69, 9.17) is 22.1 Å². The minimum absolute atomic E-state index is 0.00889. The number of hydrogen-bond acceptors (Lipinski definition) is 7. The highest BCUT2D eigenvalue weighted by atomic mass is 35.5. The summed E-state index contributed by atoms with van der Waals surface area (Å²) in [6, 6.07) is 12.0.